The van der Waals surface area contributed by atoms with Crippen molar-refractivity contribution in [3.63, 3.8) is 0 Å². The van der Waals surface area contributed by atoms with Crippen molar-refractivity contribution >= 4 is 43.9 Å². The first-order chi connectivity index (χ1) is 18.9. The number of piperazine rings is 1. The molecule has 1 aliphatic heterocycles. The van der Waals surface area contributed by atoms with Gasteiger partial charge in [0.05, 0.1) is 0 Å². The molecule has 0 amide bonds. The van der Waals surface area contributed by atoms with Gasteiger partial charge in [-0.05, 0) is 61.7 Å². The van der Waals surface area contributed by atoms with Crippen molar-refractivity contribution < 1.29 is 4.21 Å². The molecule has 39 heavy (non-hydrogen) atoms. The van der Waals surface area contributed by atoms with Gasteiger partial charge < -0.3 is 10.2 Å². The highest BCUT2D eigenvalue weighted by Crippen LogP contribution is 2.29. The van der Waals surface area contributed by atoms with E-state index in [2.05, 4.69) is 66.3 Å². The predicted octanol–water partition coefficient (Wildman–Crippen LogP) is 5.16. The lowest BCUT2D eigenvalue weighted by molar-refractivity contribution is 0.248. The van der Waals surface area contributed by atoms with Crippen LogP contribution in [0.2, 0.25) is 0 Å². The summed E-state index contributed by atoms with van der Waals surface area (Å²) in [4.78, 5) is 19.3. The SMILES string of the molecule is CCCc1cc2cnc(Nc3ccc(N4CCN(C5CC5)CC4)cc3)nc2n1-c1cccc(N=S(C)(C)=O)n1. The summed E-state index contributed by atoms with van der Waals surface area (Å²) in [5, 5.41) is 4.33. The van der Waals surface area contributed by atoms with Gasteiger partial charge >= 0.3 is 0 Å². The van der Waals surface area contributed by atoms with Gasteiger partial charge in [-0.25, -0.2) is 14.2 Å². The lowest BCUT2D eigenvalue weighted by atomic mass is 10.2. The Morgan fingerprint density at radius 1 is 1.03 bits per heavy atom. The van der Waals surface area contributed by atoms with E-state index in [0.29, 0.717) is 17.6 Å². The minimum absolute atomic E-state index is 0.452. The van der Waals surface area contributed by atoms with Crippen molar-refractivity contribution in [1.29, 1.82) is 0 Å². The highest BCUT2D eigenvalue weighted by Gasteiger charge is 2.31. The number of pyridine rings is 1. The normalized spacial score (nSPS) is 16.5. The molecule has 1 N–H and O–H groups in total. The van der Waals surface area contributed by atoms with E-state index >= 15 is 0 Å². The quantitative estimate of drug-likeness (QED) is 0.328. The molecule has 0 radical (unpaired) electrons. The van der Waals surface area contributed by atoms with Crippen LogP contribution in [-0.4, -0.2) is 73.4 Å². The van der Waals surface area contributed by atoms with E-state index in [4.69, 9.17) is 9.97 Å². The van der Waals surface area contributed by atoms with Gasteiger partial charge in [0.2, 0.25) is 5.95 Å². The molecule has 2 aliphatic rings. The summed E-state index contributed by atoms with van der Waals surface area (Å²) < 4.78 is 18.6. The lowest BCUT2D eigenvalue weighted by Gasteiger charge is -2.36. The third-order valence-corrected chi connectivity index (χ3v) is 7.88. The fourth-order valence-electron chi connectivity index (χ4n) is 5.28. The van der Waals surface area contributed by atoms with Crippen LogP contribution in [0.25, 0.3) is 16.9 Å². The van der Waals surface area contributed by atoms with Crippen LogP contribution < -0.4 is 10.2 Å². The second kappa shape index (κ2) is 10.6. The van der Waals surface area contributed by atoms with Gasteiger partial charge in [0.25, 0.3) is 0 Å². The van der Waals surface area contributed by atoms with Gasteiger partial charge in [-0.1, -0.05) is 19.4 Å². The van der Waals surface area contributed by atoms with E-state index in [-0.39, 0.29) is 0 Å². The van der Waals surface area contributed by atoms with E-state index in [1.165, 1.54) is 18.5 Å². The molecule has 3 aromatic heterocycles. The van der Waals surface area contributed by atoms with Crippen molar-refractivity contribution in [2.45, 2.75) is 38.6 Å². The molecule has 6 rings (SSSR count). The van der Waals surface area contributed by atoms with Crippen LogP contribution in [0.1, 0.15) is 31.9 Å². The fraction of sp³-hybridized carbons (Fsp3) is 0.414. The first kappa shape index (κ1) is 25.8. The Kier molecular flexibility index (Phi) is 6.99. The number of nitrogens with zero attached hydrogens (tertiary/aromatic N) is 7. The van der Waals surface area contributed by atoms with Gasteiger partial charge in [0, 0.05) is 83.1 Å². The molecule has 0 atom stereocenters. The zero-order chi connectivity index (χ0) is 27.0. The minimum atomic E-state index is -2.32. The zero-order valence-electron chi connectivity index (χ0n) is 22.9. The van der Waals surface area contributed by atoms with Crippen LogP contribution in [0.5, 0.6) is 0 Å². The van der Waals surface area contributed by atoms with Gasteiger partial charge in [-0.15, -0.1) is 0 Å². The standard InChI is InChI=1S/C29H36N8OS/c1-4-6-25-19-21-20-30-29(33-28(21)37(25)27-8-5-7-26(32-27)34-39(2,3)38)31-22-9-11-23(12-10-22)35-15-17-36(18-16-35)24-13-14-24/h5,7-12,19-20,24H,4,6,13-18H2,1-3H3,(H,30,31,33). The van der Waals surface area contributed by atoms with Crippen LogP contribution in [-0.2, 0) is 16.1 Å². The van der Waals surface area contributed by atoms with Crippen molar-refractivity contribution in [1.82, 2.24) is 24.4 Å². The van der Waals surface area contributed by atoms with E-state index in [1.54, 1.807) is 18.6 Å². The average molecular weight is 545 g/mol. The Morgan fingerprint density at radius 2 is 1.79 bits per heavy atom. The molecule has 0 unspecified atom stereocenters. The molecule has 1 saturated heterocycles. The second-order valence-corrected chi connectivity index (χ2v) is 13.3. The van der Waals surface area contributed by atoms with E-state index in [0.717, 1.165) is 67.5 Å². The molecule has 1 saturated carbocycles. The van der Waals surface area contributed by atoms with Gasteiger partial charge in [-0.2, -0.15) is 9.35 Å². The van der Waals surface area contributed by atoms with Crippen molar-refractivity contribution in [2.24, 2.45) is 4.36 Å². The molecule has 1 aliphatic carbocycles. The number of fused-ring (bicyclic) bond motifs is 1. The van der Waals surface area contributed by atoms with Crippen molar-refractivity contribution in [3.05, 3.63) is 60.4 Å². The molecule has 4 heterocycles. The monoisotopic (exact) mass is 544 g/mol. The van der Waals surface area contributed by atoms with Crippen molar-refractivity contribution in [2.75, 3.05) is 48.9 Å². The fourth-order valence-corrected chi connectivity index (χ4v) is 5.83. The van der Waals surface area contributed by atoms with Crippen LogP contribution in [0.4, 0.5) is 23.1 Å². The number of anilines is 3. The lowest BCUT2D eigenvalue weighted by Crippen LogP contribution is -2.47. The Balaban J connectivity index is 1.25. The highest BCUT2D eigenvalue weighted by molar-refractivity contribution is 7.92. The molecule has 0 spiro atoms. The summed E-state index contributed by atoms with van der Waals surface area (Å²) in [6, 6.07) is 17.1. The van der Waals surface area contributed by atoms with Crippen LogP contribution in [0.3, 0.4) is 0 Å². The zero-order valence-corrected chi connectivity index (χ0v) is 23.7. The Labute approximate surface area is 230 Å². The smallest absolute Gasteiger partial charge is 0.229 e. The maximum absolute atomic E-state index is 12.3. The Morgan fingerprint density at radius 3 is 2.49 bits per heavy atom. The van der Waals surface area contributed by atoms with E-state index in [9.17, 15) is 4.21 Å². The molecule has 9 nitrogen and oxygen atoms in total. The third-order valence-electron chi connectivity index (χ3n) is 7.25. The maximum Gasteiger partial charge on any atom is 0.229 e. The Bertz CT molecular complexity index is 1590. The number of hydrogen-bond donors (Lipinski definition) is 1. The molecular weight excluding hydrogens is 508 g/mol. The summed E-state index contributed by atoms with van der Waals surface area (Å²) in [6.07, 6.45) is 9.68. The molecule has 2 fully saturated rings. The van der Waals surface area contributed by atoms with Crippen molar-refractivity contribution in [3.8, 4) is 5.82 Å². The molecule has 4 aromatic rings. The molecule has 0 bridgehead atoms. The van der Waals surface area contributed by atoms with Crippen LogP contribution in [0.15, 0.2) is 59.1 Å². The number of benzene rings is 1. The molecule has 204 valence electrons. The first-order valence-electron chi connectivity index (χ1n) is 13.7. The van der Waals surface area contributed by atoms with Gasteiger partial charge in [0.1, 0.15) is 5.82 Å². The number of hydrogen-bond acceptors (Lipinski definition) is 8. The number of aromatic nitrogens is 4. The molecule has 10 heteroatoms. The average Bonchev–Trinajstić information content (AvgIpc) is 3.70. The summed E-state index contributed by atoms with van der Waals surface area (Å²) in [6.45, 7) is 6.62. The minimum Gasteiger partial charge on any atom is -0.369 e. The van der Waals surface area contributed by atoms with Crippen LogP contribution >= 0.6 is 0 Å². The molecule has 1 aromatic carbocycles. The molecular formula is C29H36N8OS. The predicted molar refractivity (Wildman–Crippen MR) is 159 cm³/mol. The Hall–Kier alpha value is -3.50. The van der Waals surface area contributed by atoms with E-state index in [1.807, 2.05) is 18.3 Å². The third kappa shape index (κ3) is 5.91. The summed E-state index contributed by atoms with van der Waals surface area (Å²) in [5.74, 6) is 1.68. The summed E-state index contributed by atoms with van der Waals surface area (Å²) in [7, 11) is -2.32. The topological polar surface area (TPSA) is 91.5 Å². The van der Waals surface area contributed by atoms with Crippen LogP contribution in [0, 0.1) is 0 Å². The van der Waals surface area contributed by atoms with Gasteiger partial charge in [-0.3, -0.25) is 9.47 Å². The van der Waals surface area contributed by atoms with Gasteiger partial charge in [0.15, 0.2) is 11.5 Å². The van der Waals surface area contributed by atoms with E-state index < -0.39 is 9.73 Å². The highest BCUT2D eigenvalue weighted by atomic mass is 32.2. The first-order valence-corrected chi connectivity index (χ1v) is 16.1. The number of nitrogens with one attached hydrogen (secondary N) is 1. The summed E-state index contributed by atoms with van der Waals surface area (Å²) >= 11 is 0. The second-order valence-electron chi connectivity index (χ2n) is 10.7. The number of aryl methyl sites for hydroxylation is 1. The largest absolute Gasteiger partial charge is 0.369 e. The number of rotatable bonds is 8. The maximum atomic E-state index is 12.3. The summed E-state index contributed by atoms with van der Waals surface area (Å²) in [5.41, 5.74) is 4.08.